The molecule has 3 aliphatic rings. The maximum Gasteiger partial charge on any atom is 0.244 e. The third kappa shape index (κ3) is 3.26. The van der Waals surface area contributed by atoms with E-state index in [1.54, 1.807) is 0 Å². The van der Waals surface area contributed by atoms with Crippen molar-refractivity contribution in [3.63, 3.8) is 0 Å². The molecule has 5 heteroatoms. The van der Waals surface area contributed by atoms with Gasteiger partial charge in [0.05, 0.1) is 11.2 Å². The highest BCUT2D eigenvalue weighted by Gasteiger charge is 2.32. The first kappa shape index (κ1) is 24.0. The van der Waals surface area contributed by atoms with Gasteiger partial charge in [-0.3, -0.25) is 0 Å². The van der Waals surface area contributed by atoms with Gasteiger partial charge in [0.1, 0.15) is 28.6 Å². The first-order valence-electron chi connectivity index (χ1n) is 15.2. The monoisotopic (exact) mass is 569 g/mol. The van der Waals surface area contributed by atoms with E-state index >= 15 is 0 Å². The molecule has 7 aromatic rings. The fraction of sp³-hybridized carbons (Fsp3) is 0.103. The van der Waals surface area contributed by atoms with Crippen molar-refractivity contribution >= 4 is 73.2 Å². The summed E-state index contributed by atoms with van der Waals surface area (Å²) in [5.74, 6) is 1.33. The maximum absolute atomic E-state index is 6.33. The van der Waals surface area contributed by atoms with E-state index in [2.05, 4.69) is 108 Å². The lowest BCUT2D eigenvalue weighted by Crippen LogP contribution is -2.41. The van der Waals surface area contributed by atoms with Gasteiger partial charge in [-0.1, -0.05) is 85.8 Å². The van der Waals surface area contributed by atoms with E-state index < -0.39 is 0 Å². The lowest BCUT2D eigenvalue weighted by atomic mass is 9.80. The van der Waals surface area contributed by atoms with Crippen molar-refractivity contribution < 1.29 is 8.83 Å². The average molecular weight is 570 g/mol. The molecule has 0 saturated heterocycles. The van der Waals surface area contributed by atoms with Crippen LogP contribution in [-0.2, 0) is 0 Å². The van der Waals surface area contributed by atoms with Crippen molar-refractivity contribution in [3.8, 4) is 0 Å². The second kappa shape index (κ2) is 8.74. The third-order valence-corrected chi connectivity index (χ3v) is 9.56. The standard InChI is InChI=1S/C39H27N3O2/c1-22-9-8-10-23-19-30-25-11-2-5-14-31(25)42(32(30)21-29(22)23)38-36(41-39-37(40-38)28-13-4-7-16-34(28)44-39)24-17-18-27-26-12-3-6-15-33(26)43-35(27)20-24/h2-22,29,38,40H,1H3. The lowest BCUT2D eigenvalue weighted by molar-refractivity contribution is 0.602. The van der Waals surface area contributed by atoms with Gasteiger partial charge in [-0.25, -0.2) is 4.99 Å². The Morgan fingerprint density at radius 3 is 2.41 bits per heavy atom. The summed E-state index contributed by atoms with van der Waals surface area (Å²) in [6.45, 7) is 2.30. The first-order valence-corrected chi connectivity index (χ1v) is 15.2. The van der Waals surface area contributed by atoms with E-state index in [1.165, 1.54) is 21.5 Å². The van der Waals surface area contributed by atoms with Crippen LogP contribution < -0.4 is 15.9 Å². The molecule has 44 heavy (non-hydrogen) atoms. The molecule has 4 heterocycles. The van der Waals surface area contributed by atoms with Gasteiger partial charge in [0.25, 0.3) is 0 Å². The summed E-state index contributed by atoms with van der Waals surface area (Å²) in [5, 5.41) is 10.9. The summed E-state index contributed by atoms with van der Waals surface area (Å²) < 4.78 is 15.1. The minimum Gasteiger partial charge on any atom is -0.456 e. The number of allylic oxidation sites excluding steroid dienone is 4. The minimum atomic E-state index is -0.288. The Morgan fingerprint density at radius 2 is 1.52 bits per heavy atom. The van der Waals surface area contributed by atoms with Gasteiger partial charge < -0.3 is 18.7 Å². The molecule has 2 aliphatic carbocycles. The van der Waals surface area contributed by atoms with Crippen molar-refractivity contribution in [2.24, 2.45) is 16.8 Å². The molecule has 0 bridgehead atoms. The SMILES string of the molecule is CC1C=CC=C2C=c3c(n(C4Nc5c(oc6ccccc56)N=C4c4ccc5c(c4)oc4ccccc45)c4ccccc34)=CC21. The molecule has 0 fully saturated rings. The largest absolute Gasteiger partial charge is 0.456 e. The van der Waals surface area contributed by atoms with Gasteiger partial charge in [-0.05, 0) is 54.0 Å². The second-order valence-electron chi connectivity index (χ2n) is 12.1. The molecule has 0 saturated carbocycles. The summed E-state index contributed by atoms with van der Waals surface area (Å²) in [5.41, 5.74) is 7.86. The van der Waals surface area contributed by atoms with Gasteiger partial charge in [0.2, 0.25) is 5.88 Å². The van der Waals surface area contributed by atoms with Crippen molar-refractivity contribution in [3.05, 3.63) is 131 Å². The van der Waals surface area contributed by atoms with E-state index in [1.807, 2.05) is 30.3 Å². The van der Waals surface area contributed by atoms with Crippen molar-refractivity contribution in [2.45, 2.75) is 13.1 Å². The van der Waals surface area contributed by atoms with Gasteiger partial charge in [0, 0.05) is 43.6 Å². The van der Waals surface area contributed by atoms with Crippen LogP contribution in [0.15, 0.2) is 129 Å². The topological polar surface area (TPSA) is 55.6 Å². The number of hydrogen-bond donors (Lipinski definition) is 1. The van der Waals surface area contributed by atoms with Gasteiger partial charge in [-0.15, -0.1) is 0 Å². The average Bonchev–Trinajstić information content (AvgIpc) is 3.72. The first-order chi connectivity index (χ1) is 21.7. The number of aromatic nitrogens is 1. The molecule has 1 N–H and O–H groups in total. The Labute approximate surface area is 252 Å². The lowest BCUT2D eigenvalue weighted by Gasteiger charge is -2.29. The number of nitrogens with zero attached hydrogens (tertiary/aromatic N) is 2. The Bertz CT molecular complexity index is 2570. The number of nitrogens with one attached hydrogen (secondary N) is 1. The zero-order valence-electron chi connectivity index (χ0n) is 24.0. The molecule has 210 valence electrons. The molecule has 10 rings (SSSR count). The highest BCUT2D eigenvalue weighted by Crippen LogP contribution is 2.43. The normalized spacial score (nSPS) is 20.4. The molecular formula is C39H27N3O2. The molecule has 0 radical (unpaired) electrons. The number of rotatable bonds is 2. The van der Waals surface area contributed by atoms with Crippen LogP contribution in [-0.4, -0.2) is 10.3 Å². The van der Waals surface area contributed by atoms with E-state index in [0.717, 1.165) is 55.4 Å². The second-order valence-corrected chi connectivity index (χ2v) is 12.1. The quantitative estimate of drug-likeness (QED) is 0.228. The Hall–Kier alpha value is -5.55. The summed E-state index contributed by atoms with van der Waals surface area (Å²) in [7, 11) is 0. The highest BCUT2D eigenvalue weighted by atomic mass is 16.4. The van der Waals surface area contributed by atoms with Crippen molar-refractivity contribution in [2.75, 3.05) is 5.32 Å². The smallest absolute Gasteiger partial charge is 0.244 e. The number of fused-ring (bicyclic) bond motifs is 10. The summed E-state index contributed by atoms with van der Waals surface area (Å²) in [6, 6.07) is 31.5. The molecule has 0 spiro atoms. The summed E-state index contributed by atoms with van der Waals surface area (Å²) in [6.07, 6.45) is 11.3. The molecule has 3 aromatic heterocycles. The number of furan rings is 2. The molecule has 4 aromatic carbocycles. The fourth-order valence-electron chi connectivity index (χ4n) is 7.44. The maximum atomic E-state index is 6.33. The number of anilines is 1. The number of benzene rings is 4. The zero-order valence-corrected chi connectivity index (χ0v) is 24.0. The Morgan fingerprint density at radius 1 is 0.773 bits per heavy atom. The van der Waals surface area contributed by atoms with Crippen LogP contribution in [0.1, 0.15) is 18.7 Å². The van der Waals surface area contributed by atoms with Gasteiger partial charge in [0.15, 0.2) is 0 Å². The van der Waals surface area contributed by atoms with E-state index in [4.69, 9.17) is 13.8 Å². The van der Waals surface area contributed by atoms with Gasteiger partial charge in [-0.2, -0.15) is 0 Å². The molecule has 3 atom stereocenters. The molecular weight excluding hydrogens is 542 g/mol. The molecule has 0 amide bonds. The van der Waals surface area contributed by atoms with Crippen LogP contribution in [0.3, 0.4) is 0 Å². The van der Waals surface area contributed by atoms with Crippen LogP contribution in [0.25, 0.3) is 56.0 Å². The minimum absolute atomic E-state index is 0.288. The predicted octanol–water partition coefficient (Wildman–Crippen LogP) is 8.36. The molecule has 5 nitrogen and oxygen atoms in total. The molecule has 3 unspecified atom stereocenters. The fourth-order valence-corrected chi connectivity index (χ4v) is 7.44. The highest BCUT2D eigenvalue weighted by molar-refractivity contribution is 6.14. The van der Waals surface area contributed by atoms with E-state index in [-0.39, 0.29) is 6.17 Å². The van der Waals surface area contributed by atoms with Crippen molar-refractivity contribution in [1.29, 1.82) is 0 Å². The predicted molar refractivity (Wildman–Crippen MR) is 179 cm³/mol. The van der Waals surface area contributed by atoms with Gasteiger partial charge >= 0.3 is 0 Å². The van der Waals surface area contributed by atoms with E-state index in [9.17, 15) is 0 Å². The van der Waals surface area contributed by atoms with E-state index in [0.29, 0.717) is 17.7 Å². The van der Waals surface area contributed by atoms with Crippen LogP contribution >= 0.6 is 0 Å². The van der Waals surface area contributed by atoms with Crippen LogP contribution in [0, 0.1) is 11.8 Å². The Kier molecular flexibility index (Phi) is 4.76. The zero-order chi connectivity index (χ0) is 28.9. The van der Waals surface area contributed by atoms with Crippen LogP contribution in [0.2, 0.25) is 0 Å². The van der Waals surface area contributed by atoms with Crippen LogP contribution in [0.4, 0.5) is 11.6 Å². The summed E-state index contributed by atoms with van der Waals surface area (Å²) >= 11 is 0. The van der Waals surface area contributed by atoms with Crippen molar-refractivity contribution in [1.82, 2.24) is 4.57 Å². The third-order valence-electron chi connectivity index (χ3n) is 9.56. The Balaban J connectivity index is 1.26. The van der Waals surface area contributed by atoms with Crippen LogP contribution in [0.5, 0.6) is 0 Å². The number of para-hydroxylation sites is 3. The number of aliphatic imine (C=N–C) groups is 1. The summed E-state index contributed by atoms with van der Waals surface area (Å²) in [4.78, 5) is 5.28. The molecule has 1 aliphatic heterocycles. The number of hydrogen-bond acceptors (Lipinski definition) is 4.